The minimum atomic E-state index is -1.07. The molecule has 1 unspecified atom stereocenters. The average Bonchev–Trinajstić information content (AvgIpc) is 3.41. The highest BCUT2D eigenvalue weighted by atomic mass is 35.5. The van der Waals surface area contributed by atoms with Crippen molar-refractivity contribution in [3.8, 4) is 0 Å². The molecule has 2 N–H and O–H groups in total. The van der Waals surface area contributed by atoms with Crippen molar-refractivity contribution in [3.05, 3.63) is 58.2 Å². The van der Waals surface area contributed by atoms with Crippen molar-refractivity contribution in [1.29, 1.82) is 0 Å². The normalized spacial score (nSPS) is 18.3. The van der Waals surface area contributed by atoms with E-state index in [2.05, 4.69) is 22.3 Å². The Balaban J connectivity index is 1.33. The van der Waals surface area contributed by atoms with Gasteiger partial charge in [-0.2, -0.15) is 4.37 Å². The third-order valence-electron chi connectivity index (χ3n) is 6.63. The molecule has 10 heteroatoms. The summed E-state index contributed by atoms with van der Waals surface area (Å²) in [5.74, 6) is -1.93. The molecule has 0 radical (unpaired) electrons. The van der Waals surface area contributed by atoms with Gasteiger partial charge in [0.05, 0.1) is 35.0 Å². The lowest BCUT2D eigenvalue weighted by atomic mass is 10.0. The van der Waals surface area contributed by atoms with Crippen LogP contribution >= 0.6 is 23.1 Å². The Labute approximate surface area is 211 Å². The smallest absolute Gasteiger partial charge is 0.303 e. The molecule has 1 atom stereocenters. The van der Waals surface area contributed by atoms with Crippen molar-refractivity contribution in [2.75, 3.05) is 31.1 Å². The SMILES string of the molecule is O=C(O)CCC(=O)N1C(=O)Cc2cc(CCN3CCNCC3c3nsc4ccccc34)c(Cl)cc21. The van der Waals surface area contributed by atoms with E-state index in [1.165, 1.54) is 21.6 Å². The lowest BCUT2D eigenvalue weighted by Gasteiger charge is -2.35. The number of nitrogens with one attached hydrogen (secondary N) is 1. The number of benzene rings is 2. The molecule has 1 aromatic heterocycles. The lowest BCUT2D eigenvalue weighted by Crippen LogP contribution is -2.46. The van der Waals surface area contributed by atoms with Crippen molar-refractivity contribution in [2.24, 2.45) is 0 Å². The summed E-state index contributed by atoms with van der Waals surface area (Å²) in [6.45, 7) is 3.40. The lowest BCUT2D eigenvalue weighted by molar-refractivity contribution is -0.139. The second-order valence-corrected chi connectivity index (χ2v) is 10.0. The highest BCUT2D eigenvalue weighted by molar-refractivity contribution is 7.13. The fourth-order valence-electron chi connectivity index (χ4n) is 4.87. The maximum Gasteiger partial charge on any atom is 0.303 e. The number of carbonyl (C=O) groups excluding carboxylic acids is 2. The Morgan fingerprint density at radius 1 is 1.23 bits per heavy atom. The summed E-state index contributed by atoms with van der Waals surface area (Å²) < 4.78 is 5.95. The summed E-state index contributed by atoms with van der Waals surface area (Å²) in [6.07, 6.45) is 0.269. The predicted octanol–water partition coefficient (Wildman–Crippen LogP) is 3.42. The molecule has 5 rings (SSSR count). The molecule has 1 saturated heterocycles. The van der Waals surface area contributed by atoms with Gasteiger partial charge < -0.3 is 10.4 Å². The van der Waals surface area contributed by atoms with Crippen LogP contribution < -0.4 is 10.2 Å². The van der Waals surface area contributed by atoms with Gasteiger partial charge in [-0.1, -0.05) is 35.9 Å². The number of amides is 2. The first-order valence-corrected chi connectivity index (χ1v) is 12.8. The molecule has 2 amide bonds. The van der Waals surface area contributed by atoms with Crippen LogP contribution in [0.5, 0.6) is 0 Å². The summed E-state index contributed by atoms with van der Waals surface area (Å²) >= 11 is 8.13. The van der Waals surface area contributed by atoms with E-state index in [1.54, 1.807) is 6.07 Å². The van der Waals surface area contributed by atoms with Gasteiger partial charge in [0, 0.05) is 43.0 Å². The molecule has 0 spiro atoms. The number of piperazine rings is 1. The van der Waals surface area contributed by atoms with E-state index in [-0.39, 0.29) is 31.2 Å². The van der Waals surface area contributed by atoms with Crippen molar-refractivity contribution >= 4 is 56.7 Å². The minimum Gasteiger partial charge on any atom is -0.481 e. The first-order chi connectivity index (χ1) is 16.9. The van der Waals surface area contributed by atoms with Crippen LogP contribution in [0.1, 0.15) is 35.7 Å². The molecule has 3 aromatic rings. The largest absolute Gasteiger partial charge is 0.481 e. The fraction of sp³-hybridized carbons (Fsp3) is 0.360. The van der Waals surface area contributed by atoms with Crippen LogP contribution in [0.3, 0.4) is 0 Å². The van der Waals surface area contributed by atoms with E-state index in [4.69, 9.17) is 21.1 Å². The Kier molecular flexibility index (Phi) is 6.84. The molecule has 2 aliphatic rings. The zero-order valence-electron chi connectivity index (χ0n) is 19.0. The second-order valence-electron chi connectivity index (χ2n) is 8.84. The monoisotopic (exact) mass is 512 g/mol. The van der Waals surface area contributed by atoms with Crippen LogP contribution in [0.25, 0.3) is 10.1 Å². The summed E-state index contributed by atoms with van der Waals surface area (Å²) in [6, 6.07) is 12.0. The van der Waals surface area contributed by atoms with Crippen LogP contribution in [-0.2, 0) is 27.2 Å². The van der Waals surface area contributed by atoms with Crippen molar-refractivity contribution in [3.63, 3.8) is 0 Å². The van der Waals surface area contributed by atoms with Gasteiger partial charge in [-0.25, -0.2) is 4.90 Å². The molecule has 0 saturated carbocycles. The van der Waals surface area contributed by atoms with E-state index < -0.39 is 11.9 Å². The minimum absolute atomic E-state index is 0.111. The number of hydrogen-bond donors (Lipinski definition) is 2. The van der Waals surface area contributed by atoms with E-state index in [9.17, 15) is 14.4 Å². The molecule has 182 valence electrons. The Bertz CT molecular complexity index is 1310. The first kappa shape index (κ1) is 23.9. The maximum atomic E-state index is 12.5. The maximum absolute atomic E-state index is 12.5. The number of carbonyl (C=O) groups is 3. The molecule has 2 aliphatic heterocycles. The predicted molar refractivity (Wildman–Crippen MR) is 135 cm³/mol. The summed E-state index contributed by atoms with van der Waals surface area (Å²) in [4.78, 5) is 39.3. The zero-order valence-corrected chi connectivity index (χ0v) is 20.6. The van der Waals surface area contributed by atoms with Gasteiger partial charge in [0.25, 0.3) is 0 Å². The quantitative estimate of drug-likeness (QED) is 0.500. The Morgan fingerprint density at radius 3 is 2.89 bits per heavy atom. The van der Waals surface area contributed by atoms with Crippen LogP contribution in [0.2, 0.25) is 5.02 Å². The molecule has 0 aliphatic carbocycles. The van der Waals surface area contributed by atoms with Crippen LogP contribution in [0.4, 0.5) is 5.69 Å². The Morgan fingerprint density at radius 2 is 2.06 bits per heavy atom. The van der Waals surface area contributed by atoms with Gasteiger partial charge in [0.15, 0.2) is 0 Å². The fourth-order valence-corrected chi connectivity index (χ4v) is 5.95. The van der Waals surface area contributed by atoms with Gasteiger partial charge in [-0.15, -0.1) is 0 Å². The van der Waals surface area contributed by atoms with Gasteiger partial charge in [-0.3, -0.25) is 19.3 Å². The highest BCUT2D eigenvalue weighted by Gasteiger charge is 2.33. The number of rotatable bonds is 7. The number of imide groups is 1. The van der Waals surface area contributed by atoms with Crippen molar-refractivity contribution in [1.82, 2.24) is 14.6 Å². The number of fused-ring (bicyclic) bond motifs is 2. The summed E-state index contributed by atoms with van der Waals surface area (Å²) in [7, 11) is 0. The van der Waals surface area contributed by atoms with Crippen LogP contribution in [-0.4, -0.2) is 58.3 Å². The van der Waals surface area contributed by atoms with Crippen LogP contribution in [0.15, 0.2) is 36.4 Å². The summed E-state index contributed by atoms with van der Waals surface area (Å²) in [5, 5.41) is 14.0. The molecular weight excluding hydrogens is 488 g/mol. The van der Waals surface area contributed by atoms with E-state index in [0.29, 0.717) is 17.1 Å². The molecule has 0 bridgehead atoms. The Hall–Kier alpha value is -2.85. The topological polar surface area (TPSA) is 103 Å². The van der Waals surface area contributed by atoms with E-state index in [0.717, 1.165) is 47.9 Å². The van der Waals surface area contributed by atoms with Gasteiger partial charge in [0.2, 0.25) is 11.8 Å². The van der Waals surface area contributed by atoms with Gasteiger partial charge >= 0.3 is 5.97 Å². The summed E-state index contributed by atoms with van der Waals surface area (Å²) in [5.41, 5.74) is 3.24. The average molecular weight is 513 g/mol. The third-order valence-corrected chi connectivity index (χ3v) is 7.82. The van der Waals surface area contributed by atoms with Crippen molar-refractivity contribution < 1.29 is 19.5 Å². The van der Waals surface area contributed by atoms with Crippen LogP contribution in [0, 0.1) is 0 Å². The van der Waals surface area contributed by atoms with Crippen molar-refractivity contribution in [2.45, 2.75) is 31.7 Å². The molecule has 3 heterocycles. The van der Waals surface area contributed by atoms with E-state index >= 15 is 0 Å². The number of aliphatic carboxylic acids is 1. The first-order valence-electron chi connectivity index (χ1n) is 11.6. The highest BCUT2D eigenvalue weighted by Crippen LogP contribution is 2.36. The third kappa shape index (κ3) is 4.81. The number of anilines is 1. The van der Waals surface area contributed by atoms with Gasteiger partial charge in [-0.05, 0) is 41.2 Å². The zero-order chi connectivity index (χ0) is 24.5. The van der Waals surface area contributed by atoms with Gasteiger partial charge in [0.1, 0.15) is 0 Å². The standard InChI is InChI=1S/C25H25ClN4O4S/c26-18-13-19-16(12-23(32)30(19)22(31)5-6-24(33)34)11-15(18)7-9-29-10-8-27-14-20(29)25-17-3-1-2-4-21(17)35-28-25/h1-4,11,13,20,27H,5-10,12,14H2,(H,33,34). The number of aromatic nitrogens is 1. The number of carboxylic acid groups (broad SMARTS) is 1. The number of hydrogen-bond acceptors (Lipinski definition) is 7. The number of carboxylic acids is 1. The van der Waals surface area contributed by atoms with E-state index in [1.807, 2.05) is 18.2 Å². The number of halogens is 1. The molecule has 8 nitrogen and oxygen atoms in total. The number of nitrogens with zero attached hydrogens (tertiary/aromatic N) is 3. The molecule has 35 heavy (non-hydrogen) atoms. The molecule has 2 aromatic carbocycles. The molecular formula is C25H25ClN4O4S. The second kappa shape index (κ2) is 10.0. The molecule has 1 fully saturated rings.